The molecule has 136 valence electrons. The Labute approximate surface area is 152 Å². The summed E-state index contributed by atoms with van der Waals surface area (Å²) in [6.07, 6.45) is 1.49. The maximum absolute atomic E-state index is 12.1. The van der Waals surface area contributed by atoms with Gasteiger partial charge in [0, 0.05) is 35.7 Å². The summed E-state index contributed by atoms with van der Waals surface area (Å²) >= 11 is 0. The van der Waals surface area contributed by atoms with Crippen molar-refractivity contribution in [2.24, 2.45) is 0 Å². The fourth-order valence-electron chi connectivity index (χ4n) is 3.15. The van der Waals surface area contributed by atoms with Crippen molar-refractivity contribution in [2.75, 3.05) is 16.8 Å². The van der Waals surface area contributed by atoms with E-state index in [0.29, 0.717) is 17.9 Å². The Morgan fingerprint density at radius 3 is 2.50 bits per heavy atom. The van der Waals surface area contributed by atoms with Crippen LogP contribution in [0.15, 0.2) is 24.3 Å². The lowest BCUT2D eigenvalue weighted by atomic mass is 10.1. The van der Waals surface area contributed by atoms with Gasteiger partial charge in [0.25, 0.3) is 0 Å². The van der Waals surface area contributed by atoms with E-state index in [1.54, 1.807) is 11.0 Å². The molecule has 7 heteroatoms. The van der Waals surface area contributed by atoms with Gasteiger partial charge in [-0.05, 0) is 57.0 Å². The number of nitrogens with one attached hydrogen (secondary N) is 2. The molecule has 26 heavy (non-hydrogen) atoms. The minimum atomic E-state index is -0.322. The van der Waals surface area contributed by atoms with Gasteiger partial charge < -0.3 is 15.5 Å². The Morgan fingerprint density at radius 2 is 1.88 bits per heavy atom. The summed E-state index contributed by atoms with van der Waals surface area (Å²) < 4.78 is 0. The highest BCUT2D eigenvalue weighted by molar-refractivity contribution is 5.96. The molecule has 1 saturated heterocycles. The third-order valence-electron chi connectivity index (χ3n) is 4.25. The molecule has 0 saturated carbocycles. The Hall–Kier alpha value is -2.96. The number of hydrogen-bond donors (Lipinski definition) is 2. The number of aromatic nitrogens is 2. The largest absolute Gasteiger partial charge is 0.331 e. The molecule has 1 aromatic carbocycles. The van der Waals surface area contributed by atoms with Crippen LogP contribution in [-0.4, -0.2) is 28.5 Å². The van der Waals surface area contributed by atoms with Crippen LogP contribution in [0.2, 0.25) is 0 Å². The van der Waals surface area contributed by atoms with Gasteiger partial charge in [0.1, 0.15) is 5.82 Å². The molecule has 0 atom stereocenters. The number of urea groups is 1. The summed E-state index contributed by atoms with van der Waals surface area (Å²) in [7, 11) is 0. The van der Waals surface area contributed by atoms with Crippen molar-refractivity contribution in [3.05, 3.63) is 47.0 Å². The normalized spacial score (nSPS) is 13.8. The molecule has 2 aromatic rings. The zero-order valence-corrected chi connectivity index (χ0v) is 15.3. The van der Waals surface area contributed by atoms with Crippen LogP contribution in [0, 0.1) is 20.8 Å². The monoisotopic (exact) mass is 353 g/mol. The minimum absolute atomic E-state index is 0.153. The lowest BCUT2D eigenvalue weighted by Crippen LogP contribution is -2.29. The van der Waals surface area contributed by atoms with E-state index in [0.717, 1.165) is 35.6 Å². The van der Waals surface area contributed by atoms with Gasteiger partial charge in [-0.3, -0.25) is 4.79 Å². The molecule has 0 aliphatic carbocycles. The van der Waals surface area contributed by atoms with Crippen molar-refractivity contribution < 1.29 is 9.59 Å². The maximum atomic E-state index is 12.1. The number of carbonyl (C=O) groups is 2. The number of benzene rings is 1. The van der Waals surface area contributed by atoms with E-state index in [4.69, 9.17) is 0 Å². The van der Waals surface area contributed by atoms with Crippen molar-refractivity contribution in [1.82, 2.24) is 15.3 Å². The first-order chi connectivity index (χ1) is 12.4. The molecule has 0 bridgehead atoms. The Morgan fingerprint density at radius 1 is 1.15 bits per heavy atom. The van der Waals surface area contributed by atoms with E-state index in [9.17, 15) is 9.59 Å². The fourth-order valence-corrected chi connectivity index (χ4v) is 3.15. The van der Waals surface area contributed by atoms with Crippen molar-refractivity contribution in [3.8, 4) is 0 Å². The number of carbonyl (C=O) groups excluding carboxylic acids is 2. The molecule has 2 heterocycles. The first-order valence-electron chi connectivity index (χ1n) is 8.69. The van der Waals surface area contributed by atoms with Gasteiger partial charge in [-0.2, -0.15) is 0 Å². The zero-order valence-electron chi connectivity index (χ0n) is 15.3. The molecular formula is C19H23N5O2. The Bertz CT molecular complexity index is 830. The summed E-state index contributed by atoms with van der Waals surface area (Å²) in [6, 6.07) is 7.12. The molecule has 1 fully saturated rings. The van der Waals surface area contributed by atoms with Gasteiger partial charge in [-0.15, -0.1) is 0 Å². The second kappa shape index (κ2) is 7.51. The third-order valence-corrected chi connectivity index (χ3v) is 4.25. The molecular weight excluding hydrogens is 330 g/mol. The summed E-state index contributed by atoms with van der Waals surface area (Å²) in [6.45, 7) is 6.74. The predicted octanol–water partition coefficient (Wildman–Crippen LogP) is 2.85. The standard InChI is InChI=1S/C19H23N5O2/c1-12-9-15(6-7-16(12)24-8-4-5-18(24)25)23-19(26)20-11-17-21-13(2)10-14(3)22-17/h6-7,9-10H,4-5,8,11H2,1-3H3,(H2,20,23,26). The molecule has 3 rings (SSSR count). The van der Waals surface area contributed by atoms with Crippen LogP contribution in [0.4, 0.5) is 16.2 Å². The average molecular weight is 353 g/mol. The quantitative estimate of drug-likeness (QED) is 0.885. The van der Waals surface area contributed by atoms with Gasteiger partial charge in [0.05, 0.1) is 6.54 Å². The lowest BCUT2D eigenvalue weighted by molar-refractivity contribution is -0.117. The molecule has 0 radical (unpaired) electrons. The summed E-state index contributed by atoms with van der Waals surface area (Å²) in [5, 5.41) is 5.56. The average Bonchev–Trinajstić information content (AvgIpc) is 2.98. The molecule has 2 N–H and O–H groups in total. The fraction of sp³-hybridized carbons (Fsp3) is 0.368. The summed E-state index contributed by atoms with van der Waals surface area (Å²) in [5.74, 6) is 0.733. The highest BCUT2D eigenvalue weighted by Gasteiger charge is 2.23. The first-order valence-corrected chi connectivity index (χ1v) is 8.69. The van der Waals surface area contributed by atoms with Gasteiger partial charge in [0.15, 0.2) is 0 Å². The number of amides is 3. The molecule has 0 unspecified atom stereocenters. The topological polar surface area (TPSA) is 87.2 Å². The zero-order chi connectivity index (χ0) is 18.7. The highest BCUT2D eigenvalue weighted by Crippen LogP contribution is 2.27. The SMILES string of the molecule is Cc1cc(C)nc(CNC(=O)Nc2ccc(N3CCCC3=O)c(C)c2)n1. The molecule has 1 aromatic heterocycles. The van der Waals surface area contributed by atoms with Crippen molar-refractivity contribution in [2.45, 2.75) is 40.2 Å². The lowest BCUT2D eigenvalue weighted by Gasteiger charge is -2.19. The molecule has 1 aliphatic rings. The van der Waals surface area contributed by atoms with Crippen LogP contribution in [-0.2, 0) is 11.3 Å². The first kappa shape index (κ1) is 17.8. The Kier molecular flexibility index (Phi) is 5.16. The summed E-state index contributed by atoms with van der Waals surface area (Å²) in [5.41, 5.74) is 4.28. The Balaban J connectivity index is 1.60. The van der Waals surface area contributed by atoms with Crippen molar-refractivity contribution in [1.29, 1.82) is 0 Å². The van der Waals surface area contributed by atoms with Crippen LogP contribution in [0.5, 0.6) is 0 Å². The summed E-state index contributed by atoms with van der Waals surface area (Å²) in [4.78, 5) is 34.4. The van der Waals surface area contributed by atoms with Crippen LogP contribution in [0.25, 0.3) is 0 Å². The van der Waals surface area contributed by atoms with E-state index in [1.807, 2.05) is 39.0 Å². The second-order valence-electron chi connectivity index (χ2n) is 6.52. The van der Waals surface area contributed by atoms with E-state index in [2.05, 4.69) is 20.6 Å². The number of aryl methyl sites for hydroxylation is 3. The van der Waals surface area contributed by atoms with Gasteiger partial charge in [-0.25, -0.2) is 14.8 Å². The van der Waals surface area contributed by atoms with Gasteiger partial charge >= 0.3 is 6.03 Å². The predicted molar refractivity (Wildman–Crippen MR) is 100 cm³/mol. The van der Waals surface area contributed by atoms with Crippen LogP contribution < -0.4 is 15.5 Å². The number of hydrogen-bond acceptors (Lipinski definition) is 4. The third kappa shape index (κ3) is 4.17. The molecule has 0 spiro atoms. The minimum Gasteiger partial charge on any atom is -0.331 e. The van der Waals surface area contributed by atoms with E-state index in [1.165, 1.54) is 0 Å². The van der Waals surface area contributed by atoms with E-state index < -0.39 is 0 Å². The molecule has 7 nitrogen and oxygen atoms in total. The highest BCUT2D eigenvalue weighted by atomic mass is 16.2. The molecule has 3 amide bonds. The number of rotatable bonds is 4. The van der Waals surface area contributed by atoms with Crippen LogP contribution in [0.1, 0.15) is 35.6 Å². The maximum Gasteiger partial charge on any atom is 0.319 e. The number of nitrogens with zero attached hydrogens (tertiary/aromatic N) is 3. The smallest absolute Gasteiger partial charge is 0.319 e. The van der Waals surface area contributed by atoms with E-state index >= 15 is 0 Å². The van der Waals surface area contributed by atoms with Crippen LogP contribution >= 0.6 is 0 Å². The van der Waals surface area contributed by atoms with E-state index in [-0.39, 0.29) is 18.5 Å². The van der Waals surface area contributed by atoms with Gasteiger partial charge in [0.2, 0.25) is 5.91 Å². The second-order valence-corrected chi connectivity index (χ2v) is 6.52. The van der Waals surface area contributed by atoms with Gasteiger partial charge in [-0.1, -0.05) is 0 Å². The van der Waals surface area contributed by atoms with Crippen molar-refractivity contribution >= 4 is 23.3 Å². The van der Waals surface area contributed by atoms with Crippen molar-refractivity contribution in [3.63, 3.8) is 0 Å². The number of anilines is 2. The molecule has 1 aliphatic heterocycles. The van der Waals surface area contributed by atoms with Crippen LogP contribution in [0.3, 0.4) is 0 Å².